The highest BCUT2D eigenvalue weighted by Crippen LogP contribution is 2.20. The second-order valence-corrected chi connectivity index (χ2v) is 23.0. The first kappa shape index (κ1) is 52.7. The van der Waals surface area contributed by atoms with Gasteiger partial charge in [0, 0.05) is 74.6 Å². The topological polar surface area (TPSA) is 148 Å². The number of rotatable bonds is 0. The summed E-state index contributed by atoms with van der Waals surface area (Å²) in [5.74, 6) is 0. The predicted molar refractivity (Wildman–Crippen MR) is 311 cm³/mol. The lowest BCUT2D eigenvalue weighted by Crippen LogP contribution is -2.22. The molecule has 12 heteroatoms. The second-order valence-electron chi connectivity index (χ2n) is 23.0. The van der Waals surface area contributed by atoms with Crippen LogP contribution >= 0.6 is 0 Å². The summed E-state index contributed by atoms with van der Waals surface area (Å²) in [4.78, 5) is 60.1. The molecule has 0 amide bonds. The largest absolute Gasteiger partial charge is 0.290 e. The van der Waals surface area contributed by atoms with Gasteiger partial charge in [0.15, 0.2) is 0 Å². The molecule has 0 fully saturated rings. The maximum Gasteiger partial charge on any atom is 0.0746 e. The summed E-state index contributed by atoms with van der Waals surface area (Å²) < 4.78 is 0. The molecule has 0 aliphatic carbocycles. The van der Waals surface area contributed by atoms with E-state index in [1.807, 2.05) is 74.6 Å². The van der Waals surface area contributed by atoms with Crippen molar-refractivity contribution in [2.24, 2.45) is 59.9 Å². The van der Waals surface area contributed by atoms with E-state index in [4.69, 9.17) is 59.9 Å². The fraction of sp³-hybridized carbons (Fsp3) is 0.400. The smallest absolute Gasteiger partial charge is 0.0746 e. The molecule has 0 spiro atoms. The van der Waals surface area contributed by atoms with Gasteiger partial charge >= 0.3 is 0 Å². The molecule has 4 aliphatic heterocycles. The fourth-order valence-electron chi connectivity index (χ4n) is 7.69. The average molecular weight is 961 g/mol. The summed E-state index contributed by atoms with van der Waals surface area (Å²) in [5.41, 5.74) is 8.16. The Morgan fingerprint density at radius 1 is 0.194 bits per heavy atom. The van der Waals surface area contributed by atoms with Crippen LogP contribution in [0, 0.1) is 0 Å². The third-order valence-corrected chi connectivity index (χ3v) is 11.7. The minimum Gasteiger partial charge on any atom is -0.290 e. The van der Waals surface area contributed by atoms with Gasteiger partial charge in [0.25, 0.3) is 0 Å². The SMILES string of the molecule is CC1(C)CN=Cc2cc3cc(c2)C=NC(C)(C)CN=Cc2cc4cc(c2)C=NC(C)(C)CN=Cc2cc(cc(c2)C=NC(C)(C)CN=Cc2cc(cc(c2)C=N1)C=NCC(C)(C)N=C4)C=NC(C)(C)CN=C3. The van der Waals surface area contributed by atoms with E-state index >= 15 is 0 Å². The molecule has 0 unspecified atom stereocenters. The molecule has 0 saturated heterocycles. The van der Waals surface area contributed by atoms with Gasteiger partial charge in [-0.05, 0) is 223 Å². The number of aliphatic imine (C=N–C) groups is 12. The number of fused-ring (bicyclic) bond motifs is 18. The molecule has 8 rings (SSSR count). The van der Waals surface area contributed by atoms with Crippen LogP contribution in [-0.4, -0.2) is 147 Å². The standard InChI is InChI=1S/C60H72N12/c1-55(2)37-61-25-43-13-44-18-50(15-43)32-68-56(3,4)41-65-29-47-19-51-24-54(20-47)36-72-60(11,12)42-66-30-48-21-52(34-70-58(7,8)38-62-26-44)23-53(22-48)35-71-59(9,10)40-64-28-46-14-45(16-49(17-46)31-67-55)27-63-39-57(5,6)69-33-51/h13-36H,37-42H2,1-12H3. The van der Waals surface area contributed by atoms with Gasteiger partial charge in [-0.15, -0.1) is 0 Å². The van der Waals surface area contributed by atoms with Crippen molar-refractivity contribution in [2.45, 2.75) is 116 Å². The number of nitrogens with zero attached hydrogens (tertiary/aromatic N) is 12. The lowest BCUT2D eigenvalue weighted by molar-refractivity contribution is 0.540. The van der Waals surface area contributed by atoms with Crippen molar-refractivity contribution < 1.29 is 0 Å². The molecule has 72 heavy (non-hydrogen) atoms. The van der Waals surface area contributed by atoms with Gasteiger partial charge in [0.05, 0.1) is 72.5 Å². The highest BCUT2D eigenvalue weighted by atomic mass is 14.9. The summed E-state index contributed by atoms with van der Waals surface area (Å²) in [5, 5.41) is 0. The van der Waals surface area contributed by atoms with Crippen molar-refractivity contribution in [3.8, 4) is 0 Å². The van der Waals surface area contributed by atoms with Crippen molar-refractivity contribution in [1.82, 2.24) is 0 Å². The normalized spacial score (nSPS) is 20.2. The maximum atomic E-state index is 5.08. The molecule has 4 heterocycles. The highest BCUT2D eigenvalue weighted by molar-refractivity contribution is 5.95. The van der Waals surface area contributed by atoms with Crippen molar-refractivity contribution in [3.63, 3.8) is 0 Å². The molecule has 4 aromatic rings. The molecule has 0 saturated carbocycles. The van der Waals surface area contributed by atoms with Crippen LogP contribution in [0.1, 0.15) is 150 Å². The Labute approximate surface area is 427 Å². The Balaban J connectivity index is 1.46. The zero-order chi connectivity index (χ0) is 51.6. The molecule has 12 nitrogen and oxygen atoms in total. The number of hydrogen-bond acceptors (Lipinski definition) is 12. The summed E-state index contributed by atoms with van der Waals surface area (Å²) in [6.07, 6.45) is 23.1. The Hall–Kier alpha value is -7.08. The average Bonchev–Trinajstić information content (AvgIpc) is 3.29. The van der Waals surface area contributed by atoms with Gasteiger partial charge < -0.3 is 0 Å². The van der Waals surface area contributed by atoms with Crippen LogP contribution in [0.2, 0.25) is 0 Å². The number of hydrogen-bond donors (Lipinski definition) is 0. The van der Waals surface area contributed by atoms with E-state index in [0.29, 0.717) is 39.3 Å². The van der Waals surface area contributed by atoms with Gasteiger partial charge in [-0.3, -0.25) is 59.9 Å². The van der Waals surface area contributed by atoms with Gasteiger partial charge in [-0.2, -0.15) is 0 Å². The monoisotopic (exact) mass is 961 g/mol. The minimum absolute atomic E-state index is 0.465. The molecule has 0 radical (unpaired) electrons. The second kappa shape index (κ2) is 22.1. The summed E-state index contributed by atoms with van der Waals surface area (Å²) in [6.45, 7) is 27.9. The van der Waals surface area contributed by atoms with Crippen molar-refractivity contribution in [2.75, 3.05) is 39.3 Å². The van der Waals surface area contributed by atoms with Crippen molar-refractivity contribution in [1.29, 1.82) is 0 Å². The lowest BCUT2D eigenvalue weighted by atomic mass is 10.0. The first-order chi connectivity index (χ1) is 33.9. The molecule has 372 valence electrons. The highest BCUT2D eigenvalue weighted by Gasteiger charge is 2.20. The van der Waals surface area contributed by atoms with E-state index < -0.39 is 33.2 Å². The van der Waals surface area contributed by atoms with Crippen LogP contribution in [0.3, 0.4) is 0 Å². The Bertz CT molecular complexity index is 2860. The molecular formula is C60H72N12. The molecule has 4 aliphatic rings. The van der Waals surface area contributed by atoms with Crippen LogP contribution in [-0.2, 0) is 0 Å². The van der Waals surface area contributed by atoms with E-state index in [-0.39, 0.29) is 0 Å². The minimum atomic E-state index is -0.505. The van der Waals surface area contributed by atoms with E-state index in [0.717, 1.165) is 66.8 Å². The third kappa shape index (κ3) is 17.1. The number of benzene rings is 4. The van der Waals surface area contributed by atoms with Crippen LogP contribution < -0.4 is 0 Å². The molecule has 4 aromatic carbocycles. The summed E-state index contributed by atoms with van der Waals surface area (Å²) >= 11 is 0. The van der Waals surface area contributed by atoms with Gasteiger partial charge in [-0.1, -0.05) is 0 Å². The van der Waals surface area contributed by atoms with Gasteiger partial charge in [0.2, 0.25) is 0 Å². The summed E-state index contributed by atoms with van der Waals surface area (Å²) in [6, 6.07) is 25.2. The van der Waals surface area contributed by atoms with E-state index in [1.165, 1.54) is 0 Å². The molecular weight excluding hydrogens is 889 g/mol. The first-order valence-corrected chi connectivity index (χ1v) is 24.9. The zero-order valence-electron chi connectivity index (χ0n) is 44.5. The Kier molecular flexibility index (Phi) is 16.2. The zero-order valence-corrected chi connectivity index (χ0v) is 44.5. The Morgan fingerprint density at radius 3 is 0.431 bits per heavy atom. The van der Waals surface area contributed by atoms with Crippen molar-refractivity contribution >= 4 is 74.6 Å². The van der Waals surface area contributed by atoms with Crippen LogP contribution in [0.5, 0.6) is 0 Å². The quantitative estimate of drug-likeness (QED) is 0.165. The predicted octanol–water partition coefficient (Wildman–Crippen LogP) is 10.5. The lowest BCUT2D eigenvalue weighted by Gasteiger charge is -2.17. The van der Waals surface area contributed by atoms with Crippen LogP contribution in [0.15, 0.2) is 133 Å². The van der Waals surface area contributed by atoms with E-state index in [9.17, 15) is 0 Å². The van der Waals surface area contributed by atoms with Gasteiger partial charge in [0.1, 0.15) is 0 Å². The van der Waals surface area contributed by atoms with Crippen molar-refractivity contribution in [3.05, 3.63) is 140 Å². The molecule has 12 bridgehead atoms. The van der Waals surface area contributed by atoms with Crippen LogP contribution in [0.4, 0.5) is 0 Å². The maximum absolute atomic E-state index is 5.08. The molecule has 0 N–H and O–H groups in total. The fourth-order valence-corrected chi connectivity index (χ4v) is 7.69. The molecule has 0 atom stereocenters. The van der Waals surface area contributed by atoms with E-state index in [2.05, 4.69) is 156 Å². The first-order valence-electron chi connectivity index (χ1n) is 24.9. The Morgan fingerprint density at radius 2 is 0.306 bits per heavy atom. The van der Waals surface area contributed by atoms with Crippen LogP contribution in [0.25, 0.3) is 0 Å². The third-order valence-electron chi connectivity index (χ3n) is 11.7. The molecule has 0 aromatic heterocycles. The van der Waals surface area contributed by atoms with E-state index in [1.54, 1.807) is 0 Å². The van der Waals surface area contributed by atoms with Gasteiger partial charge in [-0.25, -0.2) is 0 Å². The summed E-state index contributed by atoms with van der Waals surface area (Å²) in [7, 11) is 0.